The zero-order valence-electron chi connectivity index (χ0n) is 19.4. The maximum atomic E-state index is 14.2. The second kappa shape index (κ2) is 9.73. The van der Waals surface area contributed by atoms with E-state index in [4.69, 9.17) is 20.8 Å². The van der Waals surface area contributed by atoms with Crippen LogP contribution in [0.3, 0.4) is 0 Å². The zero-order chi connectivity index (χ0) is 24.4. The van der Waals surface area contributed by atoms with Crippen molar-refractivity contribution in [2.75, 3.05) is 5.32 Å². The second-order valence-corrected chi connectivity index (χ2v) is 8.59. The van der Waals surface area contributed by atoms with Gasteiger partial charge in [0.1, 0.15) is 23.9 Å². The fraction of sp³-hybridized carbons (Fsp3) is 0.231. The molecule has 2 heterocycles. The normalized spacial score (nSPS) is 11.0. The topological polar surface area (TPSA) is 69.3 Å². The number of hydrogen-bond donors (Lipinski definition) is 1. The van der Waals surface area contributed by atoms with Crippen molar-refractivity contribution in [3.8, 4) is 5.75 Å². The van der Waals surface area contributed by atoms with Crippen LogP contribution in [0.25, 0.3) is 0 Å². The SMILES string of the molecule is Cc1ccc(C)c(OCc2ccc(C(=O)Nc3c(C)nn(Cc4c(F)cccc4Cl)c3C)o2)c1. The molecule has 1 amide bonds. The minimum atomic E-state index is -0.410. The maximum Gasteiger partial charge on any atom is 0.291 e. The number of rotatable bonds is 7. The zero-order valence-corrected chi connectivity index (χ0v) is 20.2. The fourth-order valence-corrected chi connectivity index (χ4v) is 3.85. The maximum absolute atomic E-state index is 14.2. The number of carbonyl (C=O) groups is 1. The number of benzene rings is 2. The molecule has 1 N–H and O–H groups in total. The summed E-state index contributed by atoms with van der Waals surface area (Å²) in [5, 5.41) is 7.62. The van der Waals surface area contributed by atoms with Crippen LogP contribution in [0, 0.1) is 33.5 Å². The van der Waals surface area contributed by atoms with E-state index in [2.05, 4.69) is 10.4 Å². The van der Waals surface area contributed by atoms with Gasteiger partial charge in [0.15, 0.2) is 5.76 Å². The predicted molar refractivity (Wildman–Crippen MR) is 129 cm³/mol. The summed E-state index contributed by atoms with van der Waals surface area (Å²) in [7, 11) is 0. The van der Waals surface area contributed by atoms with Gasteiger partial charge in [0.2, 0.25) is 0 Å². The summed E-state index contributed by atoms with van der Waals surface area (Å²) in [5.74, 6) is 0.646. The molecule has 0 aliphatic heterocycles. The molecule has 0 bridgehead atoms. The molecule has 34 heavy (non-hydrogen) atoms. The number of amides is 1. The van der Waals surface area contributed by atoms with Gasteiger partial charge in [-0.05, 0) is 69.2 Å². The minimum absolute atomic E-state index is 0.147. The summed E-state index contributed by atoms with van der Waals surface area (Å²) in [6.07, 6.45) is 0. The number of anilines is 1. The van der Waals surface area contributed by atoms with Crippen molar-refractivity contribution in [3.63, 3.8) is 0 Å². The first-order chi connectivity index (χ1) is 16.2. The largest absolute Gasteiger partial charge is 0.485 e. The highest BCUT2D eigenvalue weighted by Crippen LogP contribution is 2.25. The molecule has 0 unspecified atom stereocenters. The Bertz CT molecular complexity index is 1340. The summed E-state index contributed by atoms with van der Waals surface area (Å²) in [6.45, 7) is 7.90. The summed E-state index contributed by atoms with van der Waals surface area (Å²) in [5.41, 5.74) is 4.28. The molecule has 0 radical (unpaired) electrons. The first-order valence-corrected chi connectivity index (χ1v) is 11.2. The Morgan fingerprint density at radius 2 is 1.94 bits per heavy atom. The Kier molecular flexibility index (Phi) is 6.75. The van der Waals surface area contributed by atoms with Crippen LogP contribution in [-0.4, -0.2) is 15.7 Å². The first-order valence-electron chi connectivity index (χ1n) is 10.8. The lowest BCUT2D eigenvalue weighted by Gasteiger charge is -2.09. The molecular formula is C26H25ClFN3O3. The number of aryl methyl sites for hydroxylation is 3. The predicted octanol–water partition coefficient (Wildman–Crippen LogP) is 6.38. The van der Waals surface area contributed by atoms with Crippen molar-refractivity contribution in [1.29, 1.82) is 0 Å². The van der Waals surface area contributed by atoms with E-state index in [-0.39, 0.29) is 18.9 Å². The molecule has 0 saturated carbocycles. The molecule has 6 nitrogen and oxygen atoms in total. The fourth-order valence-electron chi connectivity index (χ4n) is 3.63. The van der Waals surface area contributed by atoms with Gasteiger partial charge >= 0.3 is 0 Å². The van der Waals surface area contributed by atoms with Gasteiger partial charge < -0.3 is 14.5 Å². The Morgan fingerprint density at radius 3 is 2.71 bits per heavy atom. The van der Waals surface area contributed by atoms with Gasteiger partial charge in [-0.25, -0.2) is 4.39 Å². The third-order valence-electron chi connectivity index (χ3n) is 5.59. The van der Waals surface area contributed by atoms with E-state index in [1.54, 1.807) is 42.8 Å². The lowest BCUT2D eigenvalue weighted by Crippen LogP contribution is -2.13. The number of nitrogens with one attached hydrogen (secondary N) is 1. The van der Waals surface area contributed by atoms with Crippen molar-refractivity contribution in [2.45, 2.75) is 40.8 Å². The van der Waals surface area contributed by atoms with Gasteiger partial charge in [-0.15, -0.1) is 0 Å². The Labute approximate surface area is 202 Å². The average molecular weight is 482 g/mol. The Hall–Kier alpha value is -3.58. The van der Waals surface area contributed by atoms with Gasteiger partial charge in [0.25, 0.3) is 5.91 Å². The molecule has 0 spiro atoms. The van der Waals surface area contributed by atoms with Crippen molar-refractivity contribution < 1.29 is 18.3 Å². The average Bonchev–Trinajstić information content (AvgIpc) is 3.37. The van der Waals surface area contributed by atoms with Gasteiger partial charge in [-0.3, -0.25) is 9.48 Å². The number of hydrogen-bond acceptors (Lipinski definition) is 4. The molecule has 0 aliphatic rings. The van der Waals surface area contributed by atoms with Crippen LogP contribution in [0.4, 0.5) is 10.1 Å². The summed E-state index contributed by atoms with van der Waals surface area (Å²) in [6, 6.07) is 13.8. The summed E-state index contributed by atoms with van der Waals surface area (Å²) in [4.78, 5) is 12.8. The van der Waals surface area contributed by atoms with E-state index in [9.17, 15) is 9.18 Å². The van der Waals surface area contributed by atoms with Crippen molar-refractivity contribution >= 4 is 23.2 Å². The molecule has 0 aliphatic carbocycles. The van der Waals surface area contributed by atoms with E-state index in [1.165, 1.54) is 6.07 Å². The molecule has 4 rings (SSSR count). The Balaban J connectivity index is 1.45. The number of furan rings is 1. The number of carbonyl (C=O) groups excluding carboxylic acids is 1. The van der Waals surface area contributed by atoms with Gasteiger partial charge in [0.05, 0.1) is 23.6 Å². The Morgan fingerprint density at radius 1 is 1.15 bits per heavy atom. The van der Waals surface area contributed by atoms with E-state index in [0.29, 0.717) is 33.4 Å². The summed E-state index contributed by atoms with van der Waals surface area (Å²) < 4.78 is 27.4. The van der Waals surface area contributed by atoms with Crippen LogP contribution in [0.2, 0.25) is 5.02 Å². The minimum Gasteiger partial charge on any atom is -0.485 e. The smallest absolute Gasteiger partial charge is 0.291 e. The lowest BCUT2D eigenvalue weighted by molar-refractivity contribution is 0.0992. The van der Waals surface area contributed by atoms with Gasteiger partial charge in [-0.1, -0.05) is 29.8 Å². The van der Waals surface area contributed by atoms with Gasteiger partial charge in [0, 0.05) is 10.6 Å². The van der Waals surface area contributed by atoms with Crippen LogP contribution in [0.15, 0.2) is 52.9 Å². The van der Waals surface area contributed by atoms with E-state index in [1.807, 2.05) is 32.0 Å². The van der Waals surface area contributed by atoms with Crippen LogP contribution in [-0.2, 0) is 13.2 Å². The van der Waals surface area contributed by atoms with Crippen LogP contribution >= 0.6 is 11.6 Å². The van der Waals surface area contributed by atoms with Crippen molar-refractivity contribution in [3.05, 3.63) is 99.0 Å². The third-order valence-corrected chi connectivity index (χ3v) is 5.94. The number of aromatic nitrogens is 2. The third kappa shape index (κ3) is 4.99. The van der Waals surface area contributed by atoms with Crippen LogP contribution in [0.1, 0.15) is 44.4 Å². The standard InChI is InChI=1S/C26H25ClFN3O3/c1-15-8-9-16(2)24(12-15)33-14-19-10-11-23(34-19)26(32)29-25-17(3)30-31(18(25)4)13-20-21(27)6-5-7-22(20)28/h5-12H,13-14H2,1-4H3,(H,29,32). The van der Waals surface area contributed by atoms with E-state index in [0.717, 1.165) is 16.9 Å². The molecule has 2 aromatic heterocycles. The van der Waals surface area contributed by atoms with Crippen molar-refractivity contribution in [1.82, 2.24) is 9.78 Å². The number of halogens is 2. The molecule has 8 heteroatoms. The van der Waals surface area contributed by atoms with Crippen LogP contribution in [0.5, 0.6) is 5.75 Å². The molecular weight excluding hydrogens is 457 g/mol. The molecule has 0 saturated heterocycles. The first kappa shape index (κ1) is 23.6. The molecule has 176 valence electrons. The highest BCUT2D eigenvalue weighted by Gasteiger charge is 2.19. The second-order valence-electron chi connectivity index (χ2n) is 8.18. The highest BCUT2D eigenvalue weighted by molar-refractivity contribution is 6.31. The summed E-state index contributed by atoms with van der Waals surface area (Å²) >= 11 is 6.15. The van der Waals surface area contributed by atoms with E-state index < -0.39 is 11.7 Å². The monoisotopic (exact) mass is 481 g/mol. The highest BCUT2D eigenvalue weighted by atomic mass is 35.5. The number of nitrogens with zero attached hydrogens (tertiary/aromatic N) is 2. The van der Waals surface area contributed by atoms with Crippen LogP contribution < -0.4 is 10.1 Å². The quantitative estimate of drug-likeness (QED) is 0.332. The molecule has 4 aromatic rings. The number of ether oxygens (including phenoxy) is 1. The van der Waals surface area contributed by atoms with Gasteiger partial charge in [-0.2, -0.15) is 5.10 Å². The van der Waals surface area contributed by atoms with E-state index >= 15 is 0 Å². The lowest BCUT2D eigenvalue weighted by atomic mass is 10.1. The molecule has 0 fully saturated rings. The molecule has 0 atom stereocenters. The van der Waals surface area contributed by atoms with Crippen molar-refractivity contribution in [2.24, 2.45) is 0 Å². The molecule has 2 aromatic carbocycles.